The monoisotopic (exact) mass is 251 g/mol. The molecule has 0 aliphatic carbocycles. The number of ketones is 1. The summed E-state index contributed by atoms with van der Waals surface area (Å²) in [5.41, 5.74) is 2.82. The molecule has 2 aromatic carbocycles. The highest BCUT2D eigenvalue weighted by Crippen LogP contribution is 2.29. The van der Waals surface area contributed by atoms with E-state index in [1.807, 2.05) is 24.5 Å². The van der Waals surface area contributed by atoms with Crippen LogP contribution in [0.3, 0.4) is 0 Å². The molecular weight excluding hydrogens is 240 g/mol. The molecule has 0 aromatic heterocycles. The Kier molecular flexibility index (Phi) is 2.88. The van der Waals surface area contributed by atoms with Crippen LogP contribution in [0.5, 0.6) is 5.75 Å². The van der Waals surface area contributed by atoms with Crippen molar-refractivity contribution in [2.24, 2.45) is 0 Å². The summed E-state index contributed by atoms with van der Waals surface area (Å²) in [4.78, 5) is 23.0. The highest BCUT2D eigenvalue weighted by molar-refractivity contribution is 6.12. The highest BCUT2D eigenvalue weighted by atomic mass is 16.5. The number of rotatable bonds is 2. The zero-order chi connectivity index (χ0) is 13.2. The third kappa shape index (κ3) is 2.03. The van der Waals surface area contributed by atoms with Gasteiger partial charge in [-0.2, -0.15) is 0 Å². The van der Waals surface area contributed by atoms with Gasteiger partial charge < -0.3 is 4.74 Å². The Morgan fingerprint density at radius 3 is 2.79 bits per heavy atom. The minimum absolute atomic E-state index is 0.0594. The Morgan fingerprint density at radius 1 is 1.11 bits per heavy atom. The predicted molar refractivity (Wildman–Crippen MR) is 70.0 cm³/mol. The van der Waals surface area contributed by atoms with Crippen molar-refractivity contribution >= 4 is 12.1 Å². The Bertz CT molecular complexity index is 659. The van der Waals surface area contributed by atoms with Crippen LogP contribution in [0.2, 0.25) is 0 Å². The van der Waals surface area contributed by atoms with E-state index in [-0.39, 0.29) is 12.2 Å². The Hall–Kier alpha value is -2.42. The molecule has 0 amide bonds. The Morgan fingerprint density at radius 2 is 1.95 bits per heavy atom. The van der Waals surface area contributed by atoms with Gasteiger partial charge in [-0.1, -0.05) is 30.3 Å². The van der Waals surface area contributed by atoms with Gasteiger partial charge >= 0.3 is 0 Å². The molecule has 0 spiro atoms. The molecule has 0 saturated heterocycles. The largest absolute Gasteiger partial charge is 0.488 e. The van der Waals surface area contributed by atoms with Gasteiger partial charge in [0, 0.05) is 17.5 Å². The van der Waals surface area contributed by atoms with Crippen LogP contribution >= 0.6 is 0 Å². The quantitative estimate of drug-likeness (QED) is 0.823. The first-order valence-electron chi connectivity index (χ1n) is 6.03. The van der Waals surface area contributed by atoms with Gasteiger partial charge in [-0.15, -0.1) is 0 Å². The van der Waals surface area contributed by atoms with E-state index in [0.29, 0.717) is 23.5 Å². The summed E-state index contributed by atoms with van der Waals surface area (Å²) >= 11 is 0. The molecule has 0 N–H and O–H groups in total. The minimum atomic E-state index is -0.0594. The Labute approximate surface area is 110 Å². The van der Waals surface area contributed by atoms with E-state index in [0.717, 1.165) is 11.1 Å². The van der Waals surface area contributed by atoms with Gasteiger partial charge in [-0.05, 0) is 17.7 Å². The van der Waals surface area contributed by atoms with Gasteiger partial charge in [0.25, 0.3) is 0 Å². The predicted octanol–water partition coefficient (Wildman–Crippen LogP) is 2.46. The first-order valence-corrected chi connectivity index (χ1v) is 6.03. The molecule has 0 bridgehead atoms. The molecular formula is C16H11O3. The van der Waals surface area contributed by atoms with Gasteiger partial charge in [0.2, 0.25) is 6.29 Å². The fourth-order valence-corrected chi connectivity index (χ4v) is 2.24. The number of hydrogen-bond donors (Lipinski definition) is 0. The van der Waals surface area contributed by atoms with E-state index in [2.05, 4.69) is 0 Å². The number of fused-ring (bicyclic) bond motifs is 2. The SMILES string of the molecule is O=[C]Cc1ccc2c(c1)C(=O)c1ccccc1CO2. The molecule has 19 heavy (non-hydrogen) atoms. The van der Waals surface area contributed by atoms with E-state index in [9.17, 15) is 9.59 Å². The molecule has 1 aliphatic rings. The van der Waals surface area contributed by atoms with Crippen molar-refractivity contribution in [3.63, 3.8) is 0 Å². The lowest BCUT2D eigenvalue weighted by molar-refractivity contribution is 0.103. The highest BCUT2D eigenvalue weighted by Gasteiger charge is 2.22. The average Bonchev–Trinajstić information content (AvgIpc) is 2.58. The van der Waals surface area contributed by atoms with Crippen LogP contribution in [0, 0.1) is 0 Å². The molecule has 3 rings (SSSR count). The maximum Gasteiger partial charge on any atom is 0.203 e. The standard InChI is InChI=1S/C16H11O3/c17-8-7-11-5-6-15-14(9-11)16(18)13-4-2-1-3-12(13)10-19-15/h1-6,9H,7,10H2. The smallest absolute Gasteiger partial charge is 0.203 e. The molecule has 0 saturated carbocycles. The third-order valence-electron chi connectivity index (χ3n) is 3.21. The number of hydrogen-bond acceptors (Lipinski definition) is 3. The van der Waals surface area contributed by atoms with Crippen molar-refractivity contribution in [1.82, 2.24) is 0 Å². The normalized spacial score (nSPS) is 12.9. The maximum atomic E-state index is 12.5. The molecule has 2 aromatic rings. The second kappa shape index (κ2) is 4.69. The molecule has 3 heteroatoms. The van der Waals surface area contributed by atoms with Crippen LogP contribution in [0.1, 0.15) is 27.0 Å². The van der Waals surface area contributed by atoms with Crippen LogP contribution in [0.25, 0.3) is 0 Å². The zero-order valence-electron chi connectivity index (χ0n) is 10.2. The van der Waals surface area contributed by atoms with E-state index in [1.54, 1.807) is 24.3 Å². The van der Waals surface area contributed by atoms with E-state index < -0.39 is 0 Å². The second-order valence-corrected chi connectivity index (χ2v) is 4.43. The summed E-state index contributed by atoms with van der Waals surface area (Å²) in [5.74, 6) is 0.506. The van der Waals surface area contributed by atoms with Gasteiger partial charge in [0.1, 0.15) is 12.4 Å². The minimum Gasteiger partial charge on any atom is -0.488 e. The number of ether oxygens (including phenoxy) is 1. The number of carbonyl (C=O) groups is 1. The molecule has 1 heterocycles. The van der Waals surface area contributed by atoms with E-state index >= 15 is 0 Å². The fourth-order valence-electron chi connectivity index (χ4n) is 2.24. The molecule has 0 atom stereocenters. The topological polar surface area (TPSA) is 43.4 Å². The molecule has 93 valence electrons. The van der Waals surface area contributed by atoms with E-state index in [1.165, 1.54) is 0 Å². The van der Waals surface area contributed by atoms with E-state index in [4.69, 9.17) is 4.74 Å². The summed E-state index contributed by atoms with van der Waals surface area (Å²) in [6.45, 7) is 0.383. The van der Waals surface area contributed by atoms with Crippen molar-refractivity contribution < 1.29 is 14.3 Å². The van der Waals surface area contributed by atoms with Crippen LogP contribution in [-0.2, 0) is 17.8 Å². The van der Waals surface area contributed by atoms with Crippen LogP contribution in [-0.4, -0.2) is 12.1 Å². The van der Waals surface area contributed by atoms with Crippen LogP contribution in [0.15, 0.2) is 42.5 Å². The van der Waals surface area contributed by atoms with Crippen molar-refractivity contribution in [3.05, 3.63) is 64.7 Å². The molecule has 1 aliphatic heterocycles. The lowest BCUT2D eigenvalue weighted by atomic mass is 9.97. The number of benzene rings is 2. The summed E-state index contributed by atoms with van der Waals surface area (Å²) in [7, 11) is 0. The van der Waals surface area contributed by atoms with Gasteiger partial charge in [-0.3, -0.25) is 9.59 Å². The van der Waals surface area contributed by atoms with Crippen LogP contribution < -0.4 is 4.74 Å². The first kappa shape index (κ1) is 11.7. The zero-order valence-corrected chi connectivity index (χ0v) is 10.2. The van der Waals surface area contributed by atoms with Gasteiger partial charge in [-0.25, -0.2) is 0 Å². The summed E-state index contributed by atoms with van der Waals surface area (Å²) in [6.07, 6.45) is 2.02. The second-order valence-electron chi connectivity index (χ2n) is 4.43. The molecule has 0 fully saturated rings. The summed E-state index contributed by atoms with van der Waals surface area (Å²) < 4.78 is 5.66. The van der Waals surface area contributed by atoms with Gasteiger partial charge in [0.05, 0.1) is 5.56 Å². The summed E-state index contributed by atoms with van der Waals surface area (Å²) in [6, 6.07) is 12.7. The van der Waals surface area contributed by atoms with Gasteiger partial charge in [0.15, 0.2) is 5.78 Å². The Balaban J connectivity index is 2.12. The first-order chi connectivity index (χ1) is 9.29. The molecule has 3 nitrogen and oxygen atoms in total. The lowest BCUT2D eigenvalue weighted by Crippen LogP contribution is -2.03. The van der Waals surface area contributed by atoms with Crippen molar-refractivity contribution in [2.75, 3.05) is 0 Å². The van der Waals surface area contributed by atoms with Crippen molar-refractivity contribution in [3.8, 4) is 5.75 Å². The molecule has 0 unspecified atom stereocenters. The van der Waals surface area contributed by atoms with Crippen molar-refractivity contribution in [1.29, 1.82) is 0 Å². The number of carbonyl (C=O) groups excluding carboxylic acids is 2. The maximum absolute atomic E-state index is 12.5. The average molecular weight is 251 g/mol. The summed E-state index contributed by atoms with van der Waals surface area (Å²) in [5, 5.41) is 0. The van der Waals surface area contributed by atoms with Crippen molar-refractivity contribution in [2.45, 2.75) is 13.0 Å². The third-order valence-corrected chi connectivity index (χ3v) is 3.21. The molecule has 1 radical (unpaired) electrons. The van der Waals surface area contributed by atoms with Crippen LogP contribution in [0.4, 0.5) is 0 Å². The fraction of sp³-hybridized carbons (Fsp3) is 0.125. The lowest BCUT2D eigenvalue weighted by Gasteiger charge is -2.07.